The van der Waals surface area contributed by atoms with Crippen LogP contribution >= 0.6 is 11.8 Å². The molecule has 0 radical (unpaired) electrons. The molecule has 2 amide bonds. The summed E-state index contributed by atoms with van der Waals surface area (Å²) in [6, 6.07) is 21.9. The summed E-state index contributed by atoms with van der Waals surface area (Å²) in [7, 11) is 0. The molecule has 2 aliphatic rings. The maximum absolute atomic E-state index is 13.7. The molecule has 0 spiro atoms. The molecule has 1 N–H and O–H groups in total. The predicted molar refractivity (Wildman–Crippen MR) is 152 cm³/mol. The SMILES string of the molecule is C[C@@H]1CCCCN1CCNC(=O)c1ccc2c(c1)N(Cc1ccc(F)cc1)C(=O)/C(=C/c1ccccc1)S2. The Morgan fingerprint density at radius 3 is 2.63 bits per heavy atom. The van der Waals surface area contributed by atoms with Gasteiger partial charge >= 0.3 is 0 Å². The number of hydrogen-bond donors (Lipinski definition) is 1. The Labute approximate surface area is 227 Å². The molecule has 0 bridgehead atoms. The number of anilines is 1. The first kappa shape index (κ1) is 26.2. The van der Waals surface area contributed by atoms with Gasteiger partial charge in [0.1, 0.15) is 5.82 Å². The summed E-state index contributed by atoms with van der Waals surface area (Å²) in [5, 5.41) is 3.05. The van der Waals surface area contributed by atoms with Gasteiger partial charge in [0.15, 0.2) is 0 Å². The number of piperidine rings is 1. The van der Waals surface area contributed by atoms with Crippen molar-refractivity contribution in [3.8, 4) is 0 Å². The number of carbonyl (C=O) groups excluding carboxylic acids is 2. The lowest BCUT2D eigenvalue weighted by atomic mass is 10.0. The molecule has 5 nitrogen and oxygen atoms in total. The summed E-state index contributed by atoms with van der Waals surface area (Å²) in [5.41, 5.74) is 2.95. The van der Waals surface area contributed by atoms with Crippen LogP contribution < -0.4 is 10.2 Å². The fraction of sp³-hybridized carbons (Fsp3) is 0.290. The van der Waals surface area contributed by atoms with Crippen molar-refractivity contribution in [2.75, 3.05) is 24.5 Å². The number of amides is 2. The van der Waals surface area contributed by atoms with E-state index >= 15 is 0 Å². The van der Waals surface area contributed by atoms with Crippen molar-refractivity contribution < 1.29 is 14.0 Å². The summed E-state index contributed by atoms with van der Waals surface area (Å²) >= 11 is 1.41. The van der Waals surface area contributed by atoms with Crippen LogP contribution in [-0.4, -0.2) is 42.4 Å². The number of carbonyl (C=O) groups is 2. The minimum absolute atomic E-state index is 0.146. The van der Waals surface area contributed by atoms with Crippen LogP contribution in [0.2, 0.25) is 0 Å². The molecule has 1 atom stereocenters. The molecule has 0 unspecified atom stereocenters. The number of likely N-dealkylation sites (tertiary alicyclic amines) is 1. The van der Waals surface area contributed by atoms with Crippen LogP contribution in [0.15, 0.2) is 82.6 Å². The third kappa shape index (κ3) is 6.17. The van der Waals surface area contributed by atoms with Gasteiger partial charge in [-0.15, -0.1) is 0 Å². The number of halogens is 1. The second-order valence-electron chi connectivity index (χ2n) is 9.86. The van der Waals surface area contributed by atoms with Crippen LogP contribution in [0.5, 0.6) is 0 Å². The monoisotopic (exact) mass is 529 g/mol. The van der Waals surface area contributed by atoms with Gasteiger partial charge in [-0.05, 0) is 73.8 Å². The average Bonchev–Trinajstić information content (AvgIpc) is 2.93. The van der Waals surface area contributed by atoms with E-state index in [-0.39, 0.29) is 24.2 Å². The second-order valence-corrected chi connectivity index (χ2v) is 10.9. The van der Waals surface area contributed by atoms with Crippen molar-refractivity contribution in [1.82, 2.24) is 10.2 Å². The fourth-order valence-corrected chi connectivity index (χ4v) is 6.03. The van der Waals surface area contributed by atoms with E-state index in [1.165, 1.54) is 43.2 Å². The van der Waals surface area contributed by atoms with Crippen molar-refractivity contribution in [2.24, 2.45) is 0 Å². The van der Waals surface area contributed by atoms with Gasteiger partial charge in [-0.1, -0.05) is 60.6 Å². The van der Waals surface area contributed by atoms with Gasteiger partial charge in [0.05, 0.1) is 17.1 Å². The smallest absolute Gasteiger partial charge is 0.265 e. The molecule has 0 aromatic heterocycles. The van der Waals surface area contributed by atoms with Crippen molar-refractivity contribution in [2.45, 2.75) is 43.7 Å². The van der Waals surface area contributed by atoms with E-state index in [4.69, 9.17) is 0 Å². The van der Waals surface area contributed by atoms with E-state index in [1.54, 1.807) is 23.1 Å². The van der Waals surface area contributed by atoms with Gasteiger partial charge in [0.25, 0.3) is 11.8 Å². The number of thioether (sulfide) groups is 1. The molecule has 1 fully saturated rings. The number of rotatable bonds is 7. The molecule has 196 valence electrons. The minimum atomic E-state index is -0.322. The highest BCUT2D eigenvalue weighted by atomic mass is 32.2. The second kappa shape index (κ2) is 12.0. The van der Waals surface area contributed by atoms with Crippen LogP contribution in [0.25, 0.3) is 6.08 Å². The predicted octanol–water partition coefficient (Wildman–Crippen LogP) is 6.11. The van der Waals surface area contributed by atoms with Crippen LogP contribution in [0.4, 0.5) is 10.1 Å². The molecule has 5 rings (SSSR count). The summed E-state index contributed by atoms with van der Waals surface area (Å²) < 4.78 is 13.5. The maximum Gasteiger partial charge on any atom is 0.265 e. The highest BCUT2D eigenvalue weighted by Gasteiger charge is 2.30. The van der Waals surface area contributed by atoms with E-state index in [2.05, 4.69) is 17.1 Å². The van der Waals surface area contributed by atoms with Gasteiger partial charge in [0.2, 0.25) is 0 Å². The van der Waals surface area contributed by atoms with E-state index < -0.39 is 0 Å². The van der Waals surface area contributed by atoms with E-state index in [9.17, 15) is 14.0 Å². The van der Waals surface area contributed by atoms with Crippen LogP contribution in [0.1, 0.15) is 47.7 Å². The van der Waals surface area contributed by atoms with Gasteiger partial charge in [-0.2, -0.15) is 0 Å². The maximum atomic E-state index is 13.7. The molecule has 38 heavy (non-hydrogen) atoms. The van der Waals surface area contributed by atoms with E-state index in [0.717, 1.165) is 29.1 Å². The number of fused-ring (bicyclic) bond motifs is 1. The normalized spacial score (nSPS) is 18.9. The first-order chi connectivity index (χ1) is 18.5. The minimum Gasteiger partial charge on any atom is -0.351 e. The van der Waals surface area contributed by atoms with Crippen molar-refractivity contribution in [3.05, 3.63) is 100 Å². The molecular weight excluding hydrogens is 497 g/mol. The number of nitrogens with zero attached hydrogens (tertiary/aromatic N) is 2. The van der Waals surface area contributed by atoms with Gasteiger partial charge < -0.3 is 10.2 Å². The van der Waals surface area contributed by atoms with Crippen LogP contribution in [0, 0.1) is 5.82 Å². The van der Waals surface area contributed by atoms with E-state index in [1.807, 2.05) is 48.5 Å². The zero-order chi connectivity index (χ0) is 26.5. The fourth-order valence-electron chi connectivity index (χ4n) is 4.99. The van der Waals surface area contributed by atoms with Crippen molar-refractivity contribution >= 4 is 35.3 Å². The first-order valence-electron chi connectivity index (χ1n) is 13.1. The quantitative estimate of drug-likeness (QED) is 0.375. The highest BCUT2D eigenvalue weighted by Crippen LogP contribution is 2.43. The van der Waals surface area contributed by atoms with Gasteiger partial charge in [-0.25, -0.2) is 4.39 Å². The lowest BCUT2D eigenvalue weighted by Gasteiger charge is -2.33. The number of nitrogens with one attached hydrogen (secondary N) is 1. The molecule has 0 aliphatic carbocycles. The van der Waals surface area contributed by atoms with Crippen LogP contribution in [0.3, 0.4) is 0 Å². The summed E-state index contributed by atoms with van der Waals surface area (Å²) in [6.07, 6.45) is 5.57. The van der Waals surface area contributed by atoms with Gasteiger partial charge in [0, 0.05) is 29.6 Å². The molecule has 2 heterocycles. The molecule has 1 saturated heterocycles. The standard InChI is InChI=1S/C31H32FN3O2S/c1-22-7-5-6-17-34(22)18-16-33-30(36)25-12-15-28-27(20-25)35(21-24-10-13-26(32)14-11-24)31(37)29(38-28)19-23-8-3-2-4-9-23/h2-4,8-15,19-20,22H,5-7,16-18,21H2,1H3,(H,33,36)/b29-19-/t22-/m1/s1. The summed E-state index contributed by atoms with van der Waals surface area (Å²) in [5.74, 6) is -0.619. The summed E-state index contributed by atoms with van der Waals surface area (Å²) in [6.45, 7) is 5.01. The zero-order valence-corrected chi connectivity index (χ0v) is 22.3. The van der Waals surface area contributed by atoms with Gasteiger partial charge in [-0.3, -0.25) is 14.5 Å². The molecule has 0 saturated carbocycles. The highest BCUT2D eigenvalue weighted by molar-refractivity contribution is 8.04. The molecule has 3 aromatic carbocycles. The Morgan fingerprint density at radius 1 is 1.08 bits per heavy atom. The number of hydrogen-bond acceptors (Lipinski definition) is 4. The lowest BCUT2D eigenvalue weighted by Crippen LogP contribution is -2.42. The largest absolute Gasteiger partial charge is 0.351 e. The number of benzene rings is 3. The molecule has 7 heteroatoms. The zero-order valence-electron chi connectivity index (χ0n) is 21.5. The Hall–Kier alpha value is -3.42. The first-order valence-corrected chi connectivity index (χ1v) is 14.0. The molecular formula is C31H32FN3O2S. The van der Waals surface area contributed by atoms with Crippen molar-refractivity contribution in [3.63, 3.8) is 0 Å². The Kier molecular flexibility index (Phi) is 8.25. The Bertz CT molecular complexity index is 1330. The molecule has 2 aliphatic heterocycles. The van der Waals surface area contributed by atoms with E-state index in [0.29, 0.717) is 28.7 Å². The lowest BCUT2D eigenvalue weighted by molar-refractivity contribution is -0.114. The average molecular weight is 530 g/mol. The van der Waals surface area contributed by atoms with Crippen molar-refractivity contribution in [1.29, 1.82) is 0 Å². The third-order valence-electron chi connectivity index (χ3n) is 7.16. The Balaban J connectivity index is 1.38. The molecule has 3 aromatic rings. The van der Waals surface area contributed by atoms with Crippen LogP contribution in [-0.2, 0) is 11.3 Å². The third-order valence-corrected chi connectivity index (χ3v) is 8.24. The Morgan fingerprint density at radius 2 is 1.87 bits per heavy atom. The summed E-state index contributed by atoms with van der Waals surface area (Å²) in [4.78, 5) is 32.3. The topological polar surface area (TPSA) is 52.7 Å².